The number of carbonyl (C=O) groups excluding carboxylic acids is 1. The maximum absolute atomic E-state index is 12.7. The lowest BCUT2D eigenvalue weighted by Crippen LogP contribution is -2.13. The van der Waals surface area contributed by atoms with Crippen molar-refractivity contribution in [1.82, 2.24) is 4.98 Å². The Bertz CT molecular complexity index is 1330. The van der Waals surface area contributed by atoms with Crippen LogP contribution in [0.25, 0.3) is 22.6 Å². The summed E-state index contributed by atoms with van der Waals surface area (Å²) in [6, 6.07) is 14.6. The van der Waals surface area contributed by atoms with Crippen molar-refractivity contribution >= 4 is 40.0 Å². The first kappa shape index (κ1) is 20.4. The second-order valence-corrected chi connectivity index (χ2v) is 7.17. The second kappa shape index (κ2) is 8.08. The van der Waals surface area contributed by atoms with Gasteiger partial charge >= 0.3 is 0 Å². The number of halogens is 1. The first-order chi connectivity index (χ1) is 14.9. The zero-order chi connectivity index (χ0) is 22.1. The molecule has 0 radical (unpaired) electrons. The quantitative estimate of drug-likeness (QED) is 0.320. The number of carbonyl (C=O) groups is 1. The molecule has 0 fully saturated rings. The number of hydrogen-bond acceptors (Lipinski definition) is 6. The van der Waals surface area contributed by atoms with Crippen LogP contribution < -0.4 is 10.1 Å². The molecule has 0 aliphatic heterocycles. The first-order valence-electron chi connectivity index (χ1n) is 9.16. The number of anilines is 1. The number of methoxy groups -OCH3 is 1. The van der Waals surface area contributed by atoms with Crippen LogP contribution in [0.4, 0.5) is 11.4 Å². The maximum Gasteiger partial charge on any atom is 0.288 e. The first-order valence-corrected chi connectivity index (χ1v) is 9.54. The highest BCUT2D eigenvalue weighted by molar-refractivity contribution is 6.32. The molecule has 0 aliphatic carbocycles. The summed E-state index contributed by atoms with van der Waals surface area (Å²) in [5, 5.41) is 13.8. The Morgan fingerprint density at radius 1 is 1.16 bits per heavy atom. The third-order valence-electron chi connectivity index (χ3n) is 4.73. The van der Waals surface area contributed by atoms with Crippen molar-refractivity contribution in [1.29, 1.82) is 0 Å². The minimum Gasteiger partial charge on any atom is -0.497 e. The lowest BCUT2D eigenvalue weighted by atomic mass is 10.1. The molecule has 3 aromatic carbocycles. The number of ether oxygens (including phenoxy) is 1. The van der Waals surface area contributed by atoms with E-state index in [1.165, 1.54) is 12.1 Å². The van der Waals surface area contributed by atoms with Gasteiger partial charge in [-0.05, 0) is 48.9 Å². The van der Waals surface area contributed by atoms with Crippen LogP contribution in [-0.4, -0.2) is 22.9 Å². The van der Waals surface area contributed by atoms with Crippen LogP contribution in [0.1, 0.15) is 15.9 Å². The number of aryl methyl sites for hydroxylation is 1. The van der Waals surface area contributed by atoms with Crippen LogP contribution in [0.5, 0.6) is 5.75 Å². The fraction of sp³-hybridized carbons (Fsp3) is 0.0909. The minimum atomic E-state index is -0.632. The van der Waals surface area contributed by atoms with Gasteiger partial charge in [0.05, 0.1) is 12.0 Å². The Kier molecular flexibility index (Phi) is 5.31. The number of nitrogens with zero attached hydrogens (tertiary/aromatic N) is 2. The van der Waals surface area contributed by atoms with Gasteiger partial charge in [-0.25, -0.2) is 4.98 Å². The number of nitrogens with one attached hydrogen (secondary N) is 1. The lowest BCUT2D eigenvalue weighted by molar-refractivity contribution is -0.384. The van der Waals surface area contributed by atoms with Crippen molar-refractivity contribution in [2.75, 3.05) is 12.4 Å². The van der Waals surface area contributed by atoms with Crippen molar-refractivity contribution < 1.29 is 18.9 Å². The Hall–Kier alpha value is -3.91. The van der Waals surface area contributed by atoms with E-state index in [4.69, 9.17) is 20.8 Å². The molecular weight excluding hydrogens is 422 g/mol. The van der Waals surface area contributed by atoms with Crippen LogP contribution in [0.2, 0.25) is 5.02 Å². The Morgan fingerprint density at radius 2 is 1.97 bits per heavy atom. The molecule has 1 amide bonds. The third-order valence-corrected chi connectivity index (χ3v) is 5.05. The SMILES string of the molecule is COc1ccc2oc(-c3ccc(C)c(NC(=O)c4ccc(Cl)c([N+](=O)[O-])c4)c3)nc2c1. The van der Waals surface area contributed by atoms with Crippen LogP contribution in [-0.2, 0) is 0 Å². The second-order valence-electron chi connectivity index (χ2n) is 6.76. The minimum absolute atomic E-state index is 0.0349. The summed E-state index contributed by atoms with van der Waals surface area (Å²) in [4.78, 5) is 27.6. The normalized spacial score (nSPS) is 10.8. The highest BCUT2D eigenvalue weighted by Crippen LogP contribution is 2.30. The smallest absolute Gasteiger partial charge is 0.288 e. The standard InChI is InChI=1S/C22H16ClN3O5/c1-12-3-4-14(22-25-18-11-15(30-2)6-8-20(18)31-22)9-17(12)24-21(27)13-5-7-16(23)19(10-13)26(28)29/h3-11H,1-2H3,(H,24,27). The summed E-state index contributed by atoms with van der Waals surface area (Å²) in [7, 11) is 1.58. The molecule has 4 aromatic rings. The van der Waals surface area contributed by atoms with Gasteiger partial charge in [0.2, 0.25) is 5.89 Å². The van der Waals surface area contributed by atoms with E-state index >= 15 is 0 Å². The Labute approximate surface area is 181 Å². The van der Waals surface area contributed by atoms with Crippen LogP contribution in [0.3, 0.4) is 0 Å². The third kappa shape index (κ3) is 4.06. The number of oxazole rings is 1. The van der Waals surface area contributed by atoms with E-state index in [-0.39, 0.29) is 16.3 Å². The highest BCUT2D eigenvalue weighted by atomic mass is 35.5. The fourth-order valence-corrected chi connectivity index (χ4v) is 3.22. The Morgan fingerprint density at radius 3 is 2.71 bits per heavy atom. The number of nitro groups is 1. The molecule has 31 heavy (non-hydrogen) atoms. The maximum atomic E-state index is 12.7. The van der Waals surface area contributed by atoms with Crippen molar-refractivity contribution in [2.45, 2.75) is 6.92 Å². The van der Waals surface area contributed by atoms with Crippen LogP contribution in [0, 0.1) is 17.0 Å². The van der Waals surface area contributed by atoms with E-state index in [1.54, 1.807) is 31.4 Å². The summed E-state index contributed by atoms with van der Waals surface area (Å²) in [5.74, 6) is 0.560. The average molecular weight is 438 g/mol. The van der Waals surface area contributed by atoms with Gasteiger partial charge in [0.1, 0.15) is 16.3 Å². The van der Waals surface area contributed by atoms with Crippen LogP contribution >= 0.6 is 11.6 Å². The Balaban J connectivity index is 1.65. The molecule has 9 heteroatoms. The monoisotopic (exact) mass is 437 g/mol. The molecule has 0 bridgehead atoms. The van der Waals surface area contributed by atoms with Crippen molar-refractivity contribution in [3.05, 3.63) is 80.9 Å². The zero-order valence-corrected chi connectivity index (χ0v) is 17.3. The number of rotatable bonds is 5. The largest absolute Gasteiger partial charge is 0.497 e. The molecule has 156 valence electrons. The predicted molar refractivity (Wildman–Crippen MR) is 117 cm³/mol. The number of fused-ring (bicyclic) bond motifs is 1. The summed E-state index contributed by atoms with van der Waals surface area (Å²) in [5.41, 5.74) is 3.04. The molecule has 0 aliphatic rings. The number of benzene rings is 3. The van der Waals surface area contributed by atoms with Crippen molar-refractivity contribution in [3.8, 4) is 17.2 Å². The van der Waals surface area contributed by atoms with Crippen molar-refractivity contribution in [2.24, 2.45) is 0 Å². The molecule has 0 spiro atoms. The lowest BCUT2D eigenvalue weighted by Gasteiger charge is -2.10. The number of amides is 1. The molecular formula is C22H16ClN3O5. The van der Waals surface area contributed by atoms with E-state index in [9.17, 15) is 14.9 Å². The van der Waals surface area contributed by atoms with Gasteiger partial charge in [-0.3, -0.25) is 14.9 Å². The van der Waals surface area contributed by atoms with E-state index < -0.39 is 10.8 Å². The zero-order valence-electron chi connectivity index (χ0n) is 16.5. The van der Waals surface area contributed by atoms with Gasteiger partial charge in [0.15, 0.2) is 5.58 Å². The molecule has 0 atom stereocenters. The fourth-order valence-electron chi connectivity index (χ4n) is 3.04. The van der Waals surface area contributed by atoms with Gasteiger partial charge in [-0.1, -0.05) is 17.7 Å². The van der Waals surface area contributed by atoms with Gasteiger partial charge in [-0.15, -0.1) is 0 Å². The van der Waals surface area contributed by atoms with Crippen molar-refractivity contribution in [3.63, 3.8) is 0 Å². The van der Waals surface area contributed by atoms with E-state index in [1.807, 2.05) is 19.1 Å². The topological polar surface area (TPSA) is 108 Å². The predicted octanol–water partition coefficient (Wildman–Crippen LogP) is 5.63. The number of aromatic nitrogens is 1. The average Bonchev–Trinajstić information content (AvgIpc) is 3.18. The molecule has 8 nitrogen and oxygen atoms in total. The molecule has 0 saturated carbocycles. The highest BCUT2D eigenvalue weighted by Gasteiger charge is 2.17. The van der Waals surface area contributed by atoms with E-state index in [0.29, 0.717) is 34.0 Å². The molecule has 0 unspecified atom stereocenters. The van der Waals surface area contributed by atoms with Gasteiger partial charge in [-0.2, -0.15) is 0 Å². The molecule has 4 rings (SSSR count). The molecule has 1 aromatic heterocycles. The summed E-state index contributed by atoms with van der Waals surface area (Å²) in [6.45, 7) is 1.83. The van der Waals surface area contributed by atoms with E-state index in [0.717, 1.165) is 11.6 Å². The van der Waals surface area contributed by atoms with Gasteiger partial charge in [0, 0.05) is 28.9 Å². The summed E-state index contributed by atoms with van der Waals surface area (Å²) >= 11 is 5.82. The summed E-state index contributed by atoms with van der Waals surface area (Å²) < 4.78 is 11.0. The summed E-state index contributed by atoms with van der Waals surface area (Å²) in [6.07, 6.45) is 0. The molecule has 0 saturated heterocycles. The van der Waals surface area contributed by atoms with Crippen LogP contribution in [0.15, 0.2) is 59.0 Å². The van der Waals surface area contributed by atoms with Gasteiger partial charge in [0.25, 0.3) is 11.6 Å². The molecule has 1 N–H and O–H groups in total. The van der Waals surface area contributed by atoms with Gasteiger partial charge < -0.3 is 14.5 Å². The van der Waals surface area contributed by atoms with E-state index in [2.05, 4.69) is 10.3 Å². The number of hydrogen-bond donors (Lipinski definition) is 1. The number of nitro benzene ring substituents is 1. The molecule has 1 heterocycles.